The van der Waals surface area contributed by atoms with Crippen molar-refractivity contribution >= 4 is 35.8 Å². The number of halogens is 1. The predicted molar refractivity (Wildman–Crippen MR) is 126 cm³/mol. The molecular weight excluding hydrogens is 465 g/mol. The largest absolute Gasteiger partial charge is 0.357 e. The van der Waals surface area contributed by atoms with E-state index in [0.717, 1.165) is 51.5 Å². The maximum atomic E-state index is 11.8. The third-order valence-electron chi connectivity index (χ3n) is 6.29. The highest BCUT2D eigenvalue weighted by molar-refractivity contribution is 14.0. The van der Waals surface area contributed by atoms with E-state index in [4.69, 9.17) is 4.99 Å². The van der Waals surface area contributed by atoms with Gasteiger partial charge >= 0.3 is 0 Å². The number of guanidine groups is 1. The molecule has 162 valence electrons. The van der Waals surface area contributed by atoms with Gasteiger partial charge < -0.3 is 15.5 Å². The third kappa shape index (κ3) is 6.21. The van der Waals surface area contributed by atoms with E-state index in [1.54, 1.807) is 0 Å². The summed E-state index contributed by atoms with van der Waals surface area (Å²) in [5.41, 5.74) is 0.111. The minimum atomic E-state index is 0. The second kappa shape index (κ2) is 11.0. The number of carbonyl (C=O) groups is 1. The van der Waals surface area contributed by atoms with Crippen molar-refractivity contribution in [2.24, 2.45) is 16.3 Å². The van der Waals surface area contributed by atoms with E-state index in [1.165, 1.54) is 32.4 Å². The lowest BCUT2D eigenvalue weighted by Gasteiger charge is -2.41. The van der Waals surface area contributed by atoms with E-state index in [9.17, 15) is 4.79 Å². The fourth-order valence-electron chi connectivity index (χ4n) is 5.02. The molecule has 28 heavy (non-hydrogen) atoms. The number of piperidine rings is 2. The molecular formula is C21H40IN5O. The molecule has 0 aromatic heterocycles. The number of rotatable bonds is 5. The summed E-state index contributed by atoms with van der Waals surface area (Å²) >= 11 is 0. The Morgan fingerprint density at radius 2 is 2.14 bits per heavy atom. The van der Waals surface area contributed by atoms with Gasteiger partial charge in [0.15, 0.2) is 5.96 Å². The molecule has 0 aliphatic carbocycles. The molecule has 2 N–H and O–H groups in total. The summed E-state index contributed by atoms with van der Waals surface area (Å²) in [6.45, 7) is 13.7. The molecule has 3 rings (SSSR count). The standard InChI is InChI=1S/C21H39N5O.HI/c1-4-22-20(23-13-18-8-5-6-10-25(18)14-17(2)3)26-11-7-9-21(16-26)12-19(27)24-15-21;/h17-18H,4-16H2,1-3H3,(H,22,23)(H,24,27);1H. The zero-order chi connectivity index (χ0) is 19.3. The molecule has 7 heteroatoms. The minimum absolute atomic E-state index is 0. The number of aliphatic imine (C=N–C) groups is 1. The lowest BCUT2D eigenvalue weighted by atomic mass is 9.79. The number of hydrogen-bond donors (Lipinski definition) is 2. The second-order valence-corrected chi connectivity index (χ2v) is 9.21. The average Bonchev–Trinajstić information content (AvgIpc) is 2.99. The van der Waals surface area contributed by atoms with Crippen molar-refractivity contribution in [3.8, 4) is 0 Å². The van der Waals surface area contributed by atoms with Crippen molar-refractivity contribution < 1.29 is 4.79 Å². The molecule has 3 aliphatic heterocycles. The quantitative estimate of drug-likeness (QED) is 0.343. The van der Waals surface area contributed by atoms with E-state index in [1.807, 2.05) is 0 Å². The van der Waals surface area contributed by atoms with Crippen LogP contribution >= 0.6 is 24.0 Å². The maximum Gasteiger partial charge on any atom is 0.220 e. The molecule has 3 fully saturated rings. The predicted octanol–water partition coefficient (Wildman–Crippen LogP) is 2.68. The van der Waals surface area contributed by atoms with Crippen LogP contribution in [0.15, 0.2) is 4.99 Å². The van der Waals surface area contributed by atoms with Crippen molar-refractivity contribution in [1.82, 2.24) is 20.4 Å². The number of amides is 1. The summed E-state index contributed by atoms with van der Waals surface area (Å²) in [7, 11) is 0. The molecule has 3 saturated heterocycles. The van der Waals surface area contributed by atoms with Gasteiger partial charge in [0.25, 0.3) is 0 Å². The van der Waals surface area contributed by atoms with Crippen molar-refractivity contribution in [3.05, 3.63) is 0 Å². The first kappa shape index (κ1) is 23.7. The summed E-state index contributed by atoms with van der Waals surface area (Å²) < 4.78 is 0. The molecule has 6 nitrogen and oxygen atoms in total. The fourth-order valence-corrected chi connectivity index (χ4v) is 5.02. The molecule has 1 amide bonds. The minimum Gasteiger partial charge on any atom is -0.357 e. The zero-order valence-electron chi connectivity index (χ0n) is 18.0. The molecule has 1 spiro atoms. The molecule has 0 saturated carbocycles. The highest BCUT2D eigenvalue weighted by Gasteiger charge is 2.42. The lowest BCUT2D eigenvalue weighted by molar-refractivity contribution is -0.119. The van der Waals surface area contributed by atoms with Crippen LogP contribution in [0.3, 0.4) is 0 Å². The molecule has 2 unspecified atom stereocenters. The topological polar surface area (TPSA) is 60.0 Å². The van der Waals surface area contributed by atoms with Gasteiger partial charge in [-0.3, -0.25) is 14.7 Å². The van der Waals surface area contributed by atoms with Crippen LogP contribution in [0.2, 0.25) is 0 Å². The first-order valence-corrected chi connectivity index (χ1v) is 11.1. The van der Waals surface area contributed by atoms with Crippen molar-refractivity contribution in [2.45, 2.75) is 65.3 Å². The Balaban J connectivity index is 0.00000280. The van der Waals surface area contributed by atoms with Crippen LogP contribution < -0.4 is 10.6 Å². The third-order valence-corrected chi connectivity index (χ3v) is 6.29. The summed E-state index contributed by atoms with van der Waals surface area (Å²) in [6.07, 6.45) is 6.87. The van der Waals surface area contributed by atoms with E-state index < -0.39 is 0 Å². The van der Waals surface area contributed by atoms with Gasteiger partial charge in [-0.05, 0) is 45.1 Å². The second-order valence-electron chi connectivity index (χ2n) is 9.21. The number of nitrogens with one attached hydrogen (secondary N) is 2. The van der Waals surface area contributed by atoms with Gasteiger partial charge in [0.1, 0.15) is 0 Å². The van der Waals surface area contributed by atoms with Gasteiger partial charge in [0, 0.05) is 50.6 Å². The Hall–Kier alpha value is -0.570. The number of carbonyl (C=O) groups excluding carboxylic acids is 1. The molecule has 0 radical (unpaired) electrons. The summed E-state index contributed by atoms with van der Waals surface area (Å²) in [5.74, 6) is 1.97. The van der Waals surface area contributed by atoms with Gasteiger partial charge in [-0.15, -0.1) is 24.0 Å². The Morgan fingerprint density at radius 3 is 2.82 bits per heavy atom. The highest BCUT2D eigenvalue weighted by Crippen LogP contribution is 2.36. The Labute approximate surface area is 188 Å². The van der Waals surface area contributed by atoms with Crippen LogP contribution in [-0.4, -0.2) is 73.5 Å². The van der Waals surface area contributed by atoms with Crippen molar-refractivity contribution in [3.63, 3.8) is 0 Å². The maximum absolute atomic E-state index is 11.8. The van der Waals surface area contributed by atoms with Crippen LogP contribution in [0.1, 0.15) is 59.3 Å². The van der Waals surface area contributed by atoms with Gasteiger partial charge in [-0.2, -0.15) is 0 Å². The van der Waals surface area contributed by atoms with E-state index in [2.05, 4.69) is 41.2 Å². The fraction of sp³-hybridized carbons (Fsp3) is 0.905. The number of hydrogen-bond acceptors (Lipinski definition) is 3. The number of nitrogens with zero attached hydrogens (tertiary/aromatic N) is 3. The molecule has 3 aliphatic rings. The Morgan fingerprint density at radius 1 is 1.32 bits per heavy atom. The smallest absolute Gasteiger partial charge is 0.220 e. The van der Waals surface area contributed by atoms with Crippen LogP contribution in [0.4, 0.5) is 0 Å². The van der Waals surface area contributed by atoms with Crippen molar-refractivity contribution in [2.75, 3.05) is 45.8 Å². The molecule has 0 aromatic carbocycles. The molecule has 2 atom stereocenters. The SMILES string of the molecule is CCNC(=NCC1CCCCN1CC(C)C)N1CCCC2(CNC(=O)C2)C1.I. The van der Waals surface area contributed by atoms with E-state index >= 15 is 0 Å². The summed E-state index contributed by atoms with van der Waals surface area (Å²) in [6, 6.07) is 0.572. The van der Waals surface area contributed by atoms with Gasteiger partial charge in [0.05, 0.1) is 6.54 Å². The lowest BCUT2D eigenvalue weighted by Crippen LogP contribution is -2.52. The van der Waals surface area contributed by atoms with Crippen LogP contribution in [0.5, 0.6) is 0 Å². The van der Waals surface area contributed by atoms with Gasteiger partial charge in [-0.25, -0.2) is 0 Å². The summed E-state index contributed by atoms with van der Waals surface area (Å²) in [4.78, 5) is 21.9. The van der Waals surface area contributed by atoms with E-state index in [-0.39, 0.29) is 35.3 Å². The van der Waals surface area contributed by atoms with Crippen LogP contribution in [0, 0.1) is 11.3 Å². The Kier molecular flexibility index (Phi) is 9.31. The summed E-state index contributed by atoms with van der Waals surface area (Å²) in [5, 5.41) is 6.56. The van der Waals surface area contributed by atoms with Gasteiger partial charge in [0.2, 0.25) is 5.91 Å². The number of likely N-dealkylation sites (tertiary alicyclic amines) is 2. The van der Waals surface area contributed by atoms with Crippen LogP contribution in [0.25, 0.3) is 0 Å². The monoisotopic (exact) mass is 505 g/mol. The average molecular weight is 505 g/mol. The zero-order valence-corrected chi connectivity index (χ0v) is 20.3. The van der Waals surface area contributed by atoms with Gasteiger partial charge in [-0.1, -0.05) is 20.3 Å². The first-order valence-electron chi connectivity index (χ1n) is 11.1. The normalized spacial score (nSPS) is 29.1. The molecule has 0 bridgehead atoms. The first-order chi connectivity index (χ1) is 13.0. The van der Waals surface area contributed by atoms with Crippen molar-refractivity contribution in [1.29, 1.82) is 0 Å². The molecule has 0 aromatic rings. The van der Waals surface area contributed by atoms with Crippen LogP contribution in [-0.2, 0) is 4.79 Å². The molecule has 3 heterocycles. The highest BCUT2D eigenvalue weighted by atomic mass is 127. The Bertz CT molecular complexity index is 541. The van der Waals surface area contributed by atoms with E-state index in [0.29, 0.717) is 18.4 Å².